The molecule has 1 aromatic carbocycles. The summed E-state index contributed by atoms with van der Waals surface area (Å²) in [7, 11) is 0. The van der Waals surface area contributed by atoms with Crippen LogP contribution in [0.2, 0.25) is 0 Å². The Bertz CT molecular complexity index is 779. The van der Waals surface area contributed by atoms with E-state index in [-0.39, 0.29) is 18.9 Å². The number of carbonyl (C=O) groups excluding carboxylic acids is 2. The fraction of sp³-hybridized carbons (Fsp3) is 0.667. The number of alkyl carbamates (subject to hydrolysis) is 1. The normalized spacial score (nSPS) is 18.2. The number of benzene rings is 1. The van der Waals surface area contributed by atoms with E-state index in [1.54, 1.807) is 51.1 Å². The van der Waals surface area contributed by atoms with E-state index in [1.807, 2.05) is 5.32 Å². The van der Waals surface area contributed by atoms with Crippen LogP contribution in [0.5, 0.6) is 0 Å². The molecule has 0 bridgehead atoms. The van der Waals surface area contributed by atoms with Crippen LogP contribution in [0, 0.1) is 5.92 Å². The Morgan fingerprint density at radius 1 is 1.15 bits per heavy atom. The van der Waals surface area contributed by atoms with Gasteiger partial charge in [0.15, 0.2) is 0 Å². The molecule has 186 valence electrons. The molecule has 4 N–H and O–H groups in total. The number of rotatable bonds is 9. The summed E-state index contributed by atoms with van der Waals surface area (Å²) in [6, 6.07) is 8.76. The van der Waals surface area contributed by atoms with E-state index in [0.717, 1.165) is 32.1 Å². The first-order valence-electron chi connectivity index (χ1n) is 11.4. The highest BCUT2D eigenvalue weighted by atomic mass is 19.3. The lowest BCUT2D eigenvalue weighted by molar-refractivity contribution is -0.177. The lowest BCUT2D eigenvalue weighted by Gasteiger charge is -2.39. The SMILES string of the molecule is CC(C)(C)OC(=O)NCC(F)(F)C(O)C(N)(CC1CCCCC1)C(=O)OCc1ccccc1. The second kappa shape index (κ2) is 11.2. The van der Waals surface area contributed by atoms with Crippen molar-refractivity contribution in [2.75, 3.05) is 6.54 Å². The van der Waals surface area contributed by atoms with Crippen LogP contribution in [-0.2, 0) is 20.9 Å². The average Bonchev–Trinajstić information content (AvgIpc) is 2.75. The van der Waals surface area contributed by atoms with Crippen LogP contribution < -0.4 is 11.1 Å². The Labute approximate surface area is 194 Å². The molecule has 0 radical (unpaired) electrons. The van der Waals surface area contributed by atoms with Crippen molar-refractivity contribution < 1.29 is 33.0 Å². The van der Waals surface area contributed by atoms with Crippen molar-refractivity contribution in [2.45, 2.75) is 89.1 Å². The number of esters is 1. The van der Waals surface area contributed by atoms with E-state index in [4.69, 9.17) is 15.2 Å². The molecule has 2 unspecified atom stereocenters. The maximum atomic E-state index is 15.0. The standard InChI is InChI=1S/C24H36F2N2O5/c1-22(2,3)33-21(31)28-16-24(25,26)19(29)23(27,14-17-10-6-4-7-11-17)20(30)32-15-18-12-8-5-9-13-18/h5,8-9,12-13,17,19,29H,4,6-7,10-11,14-16,27H2,1-3H3,(H,28,31). The summed E-state index contributed by atoms with van der Waals surface area (Å²) in [4.78, 5) is 24.8. The predicted molar refractivity (Wildman–Crippen MR) is 120 cm³/mol. The molecule has 1 aliphatic carbocycles. The number of nitrogens with two attached hydrogens (primary N) is 1. The van der Waals surface area contributed by atoms with Gasteiger partial charge >= 0.3 is 12.1 Å². The fourth-order valence-electron chi connectivity index (χ4n) is 4.01. The maximum Gasteiger partial charge on any atom is 0.407 e. The summed E-state index contributed by atoms with van der Waals surface area (Å²) < 4.78 is 40.2. The number of aliphatic hydroxyl groups excluding tert-OH is 1. The number of alkyl halides is 2. The number of carbonyl (C=O) groups is 2. The van der Waals surface area contributed by atoms with Gasteiger partial charge in [0.2, 0.25) is 0 Å². The largest absolute Gasteiger partial charge is 0.459 e. The minimum Gasteiger partial charge on any atom is -0.459 e. The molecule has 1 fully saturated rings. The lowest BCUT2D eigenvalue weighted by atomic mass is 9.76. The molecule has 0 saturated heterocycles. The molecular weight excluding hydrogens is 434 g/mol. The molecular formula is C24H36F2N2O5. The van der Waals surface area contributed by atoms with Crippen LogP contribution in [0.4, 0.5) is 13.6 Å². The van der Waals surface area contributed by atoms with Crippen molar-refractivity contribution in [3.8, 4) is 0 Å². The molecule has 1 aromatic rings. The molecule has 1 aliphatic rings. The molecule has 1 amide bonds. The first-order chi connectivity index (χ1) is 15.3. The Balaban J connectivity index is 2.15. The number of nitrogens with one attached hydrogen (secondary N) is 1. The summed E-state index contributed by atoms with van der Waals surface area (Å²) in [6.45, 7) is 3.39. The fourth-order valence-corrected chi connectivity index (χ4v) is 4.01. The van der Waals surface area contributed by atoms with Gasteiger partial charge in [-0.1, -0.05) is 62.4 Å². The summed E-state index contributed by atoms with van der Waals surface area (Å²) >= 11 is 0. The van der Waals surface area contributed by atoms with Crippen LogP contribution in [-0.4, -0.2) is 46.9 Å². The van der Waals surface area contributed by atoms with Crippen molar-refractivity contribution in [3.63, 3.8) is 0 Å². The van der Waals surface area contributed by atoms with Gasteiger partial charge in [-0.15, -0.1) is 0 Å². The third-order valence-electron chi connectivity index (χ3n) is 5.70. The van der Waals surface area contributed by atoms with E-state index < -0.39 is 41.8 Å². The van der Waals surface area contributed by atoms with E-state index >= 15 is 0 Å². The quantitative estimate of drug-likeness (QED) is 0.472. The molecule has 0 spiro atoms. The highest BCUT2D eigenvalue weighted by Crippen LogP contribution is 2.36. The van der Waals surface area contributed by atoms with Gasteiger partial charge in [0.1, 0.15) is 23.9 Å². The number of aliphatic hydroxyl groups is 1. The first-order valence-corrected chi connectivity index (χ1v) is 11.4. The van der Waals surface area contributed by atoms with Gasteiger partial charge in [-0.2, -0.15) is 0 Å². The third kappa shape index (κ3) is 8.23. The Kier molecular flexibility index (Phi) is 9.20. The van der Waals surface area contributed by atoms with Crippen molar-refractivity contribution in [1.29, 1.82) is 0 Å². The second-order valence-electron chi connectivity index (χ2n) is 9.83. The Hall–Kier alpha value is -2.26. The van der Waals surface area contributed by atoms with E-state index in [2.05, 4.69) is 0 Å². The zero-order valence-corrected chi connectivity index (χ0v) is 19.6. The van der Waals surface area contributed by atoms with Gasteiger partial charge in [0.05, 0.1) is 6.54 Å². The van der Waals surface area contributed by atoms with Crippen LogP contribution >= 0.6 is 0 Å². The summed E-state index contributed by atoms with van der Waals surface area (Å²) in [5, 5.41) is 12.6. The Morgan fingerprint density at radius 2 is 1.76 bits per heavy atom. The van der Waals surface area contributed by atoms with Crippen molar-refractivity contribution >= 4 is 12.1 Å². The lowest BCUT2D eigenvalue weighted by Crippen LogP contribution is -2.66. The minimum atomic E-state index is -3.90. The topological polar surface area (TPSA) is 111 Å². The number of hydrogen-bond donors (Lipinski definition) is 3. The van der Waals surface area contributed by atoms with Crippen LogP contribution in [0.3, 0.4) is 0 Å². The van der Waals surface area contributed by atoms with Crippen LogP contribution in [0.25, 0.3) is 0 Å². The zero-order valence-electron chi connectivity index (χ0n) is 19.6. The van der Waals surface area contributed by atoms with Gasteiger partial charge in [-0.05, 0) is 38.7 Å². The highest BCUT2D eigenvalue weighted by molar-refractivity contribution is 5.81. The zero-order chi connectivity index (χ0) is 24.7. The van der Waals surface area contributed by atoms with Crippen LogP contribution in [0.1, 0.15) is 64.9 Å². The molecule has 9 heteroatoms. The van der Waals surface area contributed by atoms with Gasteiger partial charge in [0.25, 0.3) is 5.92 Å². The number of amides is 1. The molecule has 7 nitrogen and oxygen atoms in total. The molecule has 0 aliphatic heterocycles. The molecule has 1 saturated carbocycles. The van der Waals surface area contributed by atoms with Gasteiger partial charge in [-0.3, -0.25) is 0 Å². The number of hydrogen-bond acceptors (Lipinski definition) is 6. The highest BCUT2D eigenvalue weighted by Gasteiger charge is 2.56. The average molecular weight is 471 g/mol. The molecule has 0 aromatic heterocycles. The van der Waals surface area contributed by atoms with Crippen molar-refractivity contribution in [1.82, 2.24) is 5.32 Å². The van der Waals surface area contributed by atoms with E-state index in [0.29, 0.717) is 5.56 Å². The Morgan fingerprint density at radius 3 is 2.33 bits per heavy atom. The first kappa shape index (κ1) is 27.0. The van der Waals surface area contributed by atoms with Crippen molar-refractivity contribution in [2.24, 2.45) is 11.7 Å². The third-order valence-corrected chi connectivity index (χ3v) is 5.70. The number of halogens is 2. The molecule has 2 rings (SSSR count). The molecule has 33 heavy (non-hydrogen) atoms. The van der Waals surface area contributed by atoms with Gasteiger partial charge in [-0.25, -0.2) is 18.4 Å². The van der Waals surface area contributed by atoms with E-state index in [1.165, 1.54) is 0 Å². The monoisotopic (exact) mass is 470 g/mol. The summed E-state index contributed by atoms with van der Waals surface area (Å²) in [6.07, 6.45) is 0.563. The summed E-state index contributed by atoms with van der Waals surface area (Å²) in [5.74, 6) is -5.08. The van der Waals surface area contributed by atoms with Gasteiger partial charge in [0, 0.05) is 0 Å². The van der Waals surface area contributed by atoms with Crippen molar-refractivity contribution in [3.05, 3.63) is 35.9 Å². The number of ether oxygens (including phenoxy) is 2. The van der Waals surface area contributed by atoms with Gasteiger partial charge < -0.3 is 25.6 Å². The second-order valence-corrected chi connectivity index (χ2v) is 9.83. The van der Waals surface area contributed by atoms with Crippen LogP contribution in [0.15, 0.2) is 30.3 Å². The molecule has 2 atom stereocenters. The predicted octanol–water partition coefficient (Wildman–Crippen LogP) is 3.92. The summed E-state index contributed by atoms with van der Waals surface area (Å²) in [5.41, 5.74) is 3.68. The smallest absolute Gasteiger partial charge is 0.407 e. The maximum absolute atomic E-state index is 15.0. The molecule has 0 heterocycles. The minimum absolute atomic E-state index is 0.0858. The van der Waals surface area contributed by atoms with E-state index in [9.17, 15) is 23.5 Å².